The third kappa shape index (κ3) is 2.90. The molecular formula is C10H14N4. The summed E-state index contributed by atoms with van der Waals surface area (Å²) in [6, 6.07) is 5.70. The van der Waals surface area contributed by atoms with Crippen LogP contribution in [-0.2, 0) is 0 Å². The first-order valence-corrected chi connectivity index (χ1v) is 4.32. The monoisotopic (exact) mass is 190 g/mol. The fourth-order valence-electron chi connectivity index (χ4n) is 0.841. The van der Waals surface area contributed by atoms with Gasteiger partial charge in [0.05, 0.1) is 11.4 Å². The quantitative estimate of drug-likeness (QED) is 0.552. The molecule has 0 bridgehead atoms. The molecule has 0 fully saturated rings. The molecule has 0 aliphatic rings. The van der Waals surface area contributed by atoms with Gasteiger partial charge in [-0.15, -0.1) is 0 Å². The number of pyridine rings is 1. The fourth-order valence-corrected chi connectivity index (χ4v) is 0.841. The smallest absolute Gasteiger partial charge is 0.112 e. The molecule has 0 saturated carbocycles. The minimum atomic E-state index is 0.653. The van der Waals surface area contributed by atoms with Crippen LogP contribution in [0.1, 0.15) is 12.6 Å². The van der Waals surface area contributed by atoms with E-state index < -0.39 is 0 Å². The van der Waals surface area contributed by atoms with Crippen LogP contribution in [0.4, 0.5) is 0 Å². The third-order valence-corrected chi connectivity index (χ3v) is 1.70. The first-order chi connectivity index (χ1) is 6.74. The highest BCUT2D eigenvalue weighted by Gasteiger charge is 1.96. The topological polar surface area (TPSA) is 49.3 Å². The lowest BCUT2D eigenvalue weighted by atomic mass is 10.3. The molecular weight excluding hydrogens is 176 g/mol. The number of rotatable bonds is 4. The van der Waals surface area contributed by atoms with Crippen molar-refractivity contribution in [2.45, 2.75) is 6.92 Å². The molecule has 4 nitrogen and oxygen atoms in total. The lowest BCUT2D eigenvalue weighted by Crippen LogP contribution is -2.19. The number of hydrazone groups is 1. The highest BCUT2D eigenvalue weighted by molar-refractivity contribution is 5.96. The summed E-state index contributed by atoms with van der Waals surface area (Å²) in [5.41, 5.74) is 4.45. The van der Waals surface area contributed by atoms with E-state index in [0.717, 1.165) is 11.4 Å². The highest BCUT2D eigenvalue weighted by Crippen LogP contribution is 1.95. The zero-order valence-electron chi connectivity index (χ0n) is 8.41. The predicted octanol–water partition coefficient (Wildman–Crippen LogP) is 1.09. The maximum absolute atomic E-state index is 4.16. The zero-order chi connectivity index (χ0) is 10.4. The van der Waals surface area contributed by atoms with Gasteiger partial charge in [0, 0.05) is 13.2 Å². The maximum Gasteiger partial charge on any atom is 0.112 e. The minimum absolute atomic E-state index is 0.653. The number of hydrogen-bond acceptors (Lipinski definition) is 4. The summed E-state index contributed by atoms with van der Waals surface area (Å²) in [5.74, 6) is 0.653. The van der Waals surface area contributed by atoms with Gasteiger partial charge < -0.3 is 5.32 Å². The molecule has 0 amide bonds. The molecule has 1 aromatic rings. The van der Waals surface area contributed by atoms with Gasteiger partial charge in [0.1, 0.15) is 5.82 Å². The van der Waals surface area contributed by atoms with Crippen molar-refractivity contribution in [3.63, 3.8) is 0 Å². The van der Waals surface area contributed by atoms with Crippen LogP contribution in [0.2, 0.25) is 0 Å². The van der Waals surface area contributed by atoms with Gasteiger partial charge in [0.25, 0.3) is 0 Å². The van der Waals surface area contributed by atoms with E-state index in [9.17, 15) is 0 Å². The Bertz CT molecular complexity index is 329. The van der Waals surface area contributed by atoms with E-state index >= 15 is 0 Å². The number of hydrogen-bond donors (Lipinski definition) is 2. The van der Waals surface area contributed by atoms with Gasteiger partial charge in [-0.05, 0) is 19.1 Å². The average molecular weight is 190 g/mol. The summed E-state index contributed by atoms with van der Waals surface area (Å²) >= 11 is 0. The van der Waals surface area contributed by atoms with Crippen molar-refractivity contribution in [3.05, 3.63) is 42.5 Å². The van der Waals surface area contributed by atoms with Gasteiger partial charge in [-0.1, -0.05) is 12.6 Å². The molecule has 4 heteroatoms. The van der Waals surface area contributed by atoms with Crippen molar-refractivity contribution in [1.82, 2.24) is 15.7 Å². The lowest BCUT2D eigenvalue weighted by Gasteiger charge is -2.04. The molecule has 1 rings (SSSR count). The Labute approximate surface area is 83.8 Å². The Morgan fingerprint density at radius 3 is 2.86 bits per heavy atom. The van der Waals surface area contributed by atoms with Gasteiger partial charge in [0.15, 0.2) is 0 Å². The van der Waals surface area contributed by atoms with E-state index in [4.69, 9.17) is 0 Å². The lowest BCUT2D eigenvalue weighted by molar-refractivity contribution is 0.787. The van der Waals surface area contributed by atoms with Crippen molar-refractivity contribution in [3.8, 4) is 0 Å². The molecule has 0 radical (unpaired) electrons. The van der Waals surface area contributed by atoms with Gasteiger partial charge in [-0.3, -0.25) is 10.4 Å². The number of nitrogens with zero attached hydrogens (tertiary/aromatic N) is 2. The summed E-state index contributed by atoms with van der Waals surface area (Å²) in [7, 11) is 1.78. The van der Waals surface area contributed by atoms with Gasteiger partial charge in [-0.2, -0.15) is 5.10 Å². The SMILES string of the molecule is C=C(NC)N/N=C(\C)c1ccccn1. The second-order valence-corrected chi connectivity index (χ2v) is 2.75. The first-order valence-electron chi connectivity index (χ1n) is 4.32. The standard InChI is InChI=1S/C10H14N4/c1-8(13-14-9(2)11-3)10-6-4-5-7-12-10/h4-7,11,14H,2H2,1,3H3/b13-8+. The fraction of sp³-hybridized carbons (Fsp3) is 0.200. The predicted molar refractivity (Wildman–Crippen MR) is 57.8 cm³/mol. The molecule has 0 unspecified atom stereocenters. The van der Waals surface area contributed by atoms with Crippen LogP contribution < -0.4 is 10.7 Å². The van der Waals surface area contributed by atoms with E-state index in [1.165, 1.54) is 0 Å². The van der Waals surface area contributed by atoms with Gasteiger partial charge in [0.2, 0.25) is 0 Å². The summed E-state index contributed by atoms with van der Waals surface area (Å²) in [5, 5.41) is 6.95. The Morgan fingerprint density at radius 2 is 2.29 bits per heavy atom. The second kappa shape index (κ2) is 5.01. The van der Waals surface area contributed by atoms with Gasteiger partial charge >= 0.3 is 0 Å². The normalized spacial score (nSPS) is 10.9. The van der Waals surface area contributed by atoms with Crippen molar-refractivity contribution in [2.24, 2.45) is 5.10 Å². The molecule has 14 heavy (non-hydrogen) atoms. The summed E-state index contributed by atoms with van der Waals surface area (Å²) in [4.78, 5) is 4.16. The molecule has 0 atom stereocenters. The molecule has 0 aliphatic carbocycles. The van der Waals surface area contributed by atoms with Crippen LogP contribution in [0.5, 0.6) is 0 Å². The van der Waals surface area contributed by atoms with Crippen molar-refractivity contribution in [2.75, 3.05) is 7.05 Å². The summed E-state index contributed by atoms with van der Waals surface area (Å²) in [6.45, 7) is 5.58. The van der Waals surface area contributed by atoms with Crippen LogP contribution in [0, 0.1) is 0 Å². The van der Waals surface area contributed by atoms with E-state index in [2.05, 4.69) is 27.4 Å². The Balaban J connectivity index is 2.66. The second-order valence-electron chi connectivity index (χ2n) is 2.75. The van der Waals surface area contributed by atoms with E-state index in [-0.39, 0.29) is 0 Å². The molecule has 2 N–H and O–H groups in total. The third-order valence-electron chi connectivity index (χ3n) is 1.70. The highest BCUT2D eigenvalue weighted by atomic mass is 15.3. The molecule has 0 spiro atoms. The molecule has 1 heterocycles. The zero-order valence-corrected chi connectivity index (χ0v) is 8.41. The number of aromatic nitrogens is 1. The molecule has 0 aliphatic heterocycles. The maximum atomic E-state index is 4.16. The van der Waals surface area contributed by atoms with Crippen LogP contribution in [0.25, 0.3) is 0 Å². The summed E-state index contributed by atoms with van der Waals surface area (Å²) < 4.78 is 0. The van der Waals surface area contributed by atoms with E-state index in [1.807, 2.05) is 25.1 Å². The first kappa shape index (κ1) is 10.2. The van der Waals surface area contributed by atoms with Crippen molar-refractivity contribution >= 4 is 5.71 Å². The largest absolute Gasteiger partial charge is 0.374 e. The van der Waals surface area contributed by atoms with Gasteiger partial charge in [-0.25, -0.2) is 0 Å². The Kier molecular flexibility index (Phi) is 3.67. The summed E-state index contributed by atoms with van der Waals surface area (Å²) in [6.07, 6.45) is 1.74. The average Bonchev–Trinajstić information content (AvgIpc) is 2.26. The number of nitrogens with one attached hydrogen (secondary N) is 2. The molecule has 0 aromatic carbocycles. The van der Waals surface area contributed by atoms with Crippen LogP contribution in [-0.4, -0.2) is 17.7 Å². The Hall–Kier alpha value is -1.84. The van der Waals surface area contributed by atoms with E-state index in [1.54, 1.807) is 13.2 Å². The molecule has 0 saturated heterocycles. The minimum Gasteiger partial charge on any atom is -0.374 e. The van der Waals surface area contributed by atoms with Crippen LogP contribution in [0.3, 0.4) is 0 Å². The molecule has 74 valence electrons. The van der Waals surface area contributed by atoms with Crippen LogP contribution >= 0.6 is 0 Å². The molecule has 1 aromatic heterocycles. The van der Waals surface area contributed by atoms with Crippen LogP contribution in [0.15, 0.2) is 41.9 Å². The van der Waals surface area contributed by atoms with Crippen molar-refractivity contribution < 1.29 is 0 Å². The van der Waals surface area contributed by atoms with E-state index in [0.29, 0.717) is 5.82 Å². The van der Waals surface area contributed by atoms with Crippen molar-refractivity contribution in [1.29, 1.82) is 0 Å². The Morgan fingerprint density at radius 1 is 1.50 bits per heavy atom.